The summed E-state index contributed by atoms with van der Waals surface area (Å²) in [5.41, 5.74) is 8.64. The minimum atomic E-state index is 0.0892. The molecule has 2 rings (SSSR count). The topological polar surface area (TPSA) is 38.5 Å². The van der Waals surface area contributed by atoms with E-state index >= 15 is 0 Å². The fourth-order valence-corrected chi connectivity index (χ4v) is 2.43. The summed E-state index contributed by atoms with van der Waals surface area (Å²) in [5.74, 6) is 0.941. The second kappa shape index (κ2) is 7.81. The summed E-state index contributed by atoms with van der Waals surface area (Å²) in [5, 5.41) is 0. The quantitative estimate of drug-likeness (QED) is 0.848. The Kier molecular flexibility index (Phi) is 5.78. The van der Waals surface area contributed by atoms with E-state index < -0.39 is 0 Å². The number of nitrogens with two attached hydrogens (primary N) is 1. The number of rotatable bonds is 7. The molecule has 2 aromatic rings. The Balaban J connectivity index is 1.86. The van der Waals surface area contributed by atoms with Crippen LogP contribution in [-0.4, -0.2) is 25.6 Å². The van der Waals surface area contributed by atoms with Gasteiger partial charge in [-0.05, 0) is 31.6 Å². The Morgan fingerprint density at radius 3 is 2.43 bits per heavy atom. The molecule has 0 aliphatic rings. The van der Waals surface area contributed by atoms with E-state index in [-0.39, 0.29) is 6.04 Å². The molecule has 0 amide bonds. The number of benzene rings is 2. The first-order valence-corrected chi connectivity index (χ1v) is 7.31. The minimum Gasteiger partial charge on any atom is -0.496 e. The molecule has 0 aromatic heterocycles. The molecule has 1 unspecified atom stereocenters. The fraction of sp³-hybridized carbons (Fsp3) is 0.333. The van der Waals surface area contributed by atoms with Gasteiger partial charge in [0.1, 0.15) is 5.75 Å². The first kappa shape index (κ1) is 15.5. The van der Waals surface area contributed by atoms with Gasteiger partial charge in [0, 0.05) is 18.2 Å². The molecule has 3 heteroatoms. The molecule has 0 saturated carbocycles. The van der Waals surface area contributed by atoms with Crippen LogP contribution in [0.2, 0.25) is 0 Å². The molecule has 0 radical (unpaired) electrons. The van der Waals surface area contributed by atoms with Crippen LogP contribution in [0, 0.1) is 0 Å². The van der Waals surface area contributed by atoms with Crippen LogP contribution in [0.4, 0.5) is 0 Å². The van der Waals surface area contributed by atoms with Crippen molar-refractivity contribution in [1.82, 2.24) is 4.90 Å². The van der Waals surface area contributed by atoms with Crippen molar-refractivity contribution < 1.29 is 4.74 Å². The van der Waals surface area contributed by atoms with Gasteiger partial charge in [0.15, 0.2) is 0 Å². The maximum absolute atomic E-state index is 6.24. The Labute approximate surface area is 127 Å². The average Bonchev–Trinajstić information content (AvgIpc) is 2.54. The Hall–Kier alpha value is -1.84. The summed E-state index contributed by atoms with van der Waals surface area (Å²) in [6.45, 7) is 1.82. The zero-order valence-corrected chi connectivity index (χ0v) is 12.8. The van der Waals surface area contributed by atoms with Crippen LogP contribution in [0.5, 0.6) is 5.75 Å². The highest BCUT2D eigenvalue weighted by atomic mass is 16.5. The molecular weight excluding hydrogens is 260 g/mol. The molecule has 0 aliphatic heterocycles. The highest BCUT2D eigenvalue weighted by Gasteiger charge is 2.09. The molecular formula is C18H24N2O. The van der Waals surface area contributed by atoms with Crippen molar-refractivity contribution in [2.24, 2.45) is 5.73 Å². The van der Waals surface area contributed by atoms with Crippen LogP contribution < -0.4 is 10.5 Å². The lowest BCUT2D eigenvalue weighted by Crippen LogP contribution is -2.23. The van der Waals surface area contributed by atoms with Crippen molar-refractivity contribution in [1.29, 1.82) is 0 Å². The molecule has 1 atom stereocenters. The van der Waals surface area contributed by atoms with Crippen LogP contribution in [0.15, 0.2) is 54.6 Å². The number of nitrogens with zero attached hydrogens (tertiary/aromatic N) is 1. The molecule has 0 aliphatic carbocycles. The summed E-state index contributed by atoms with van der Waals surface area (Å²) in [4.78, 5) is 2.28. The fourth-order valence-electron chi connectivity index (χ4n) is 2.43. The van der Waals surface area contributed by atoms with Crippen LogP contribution in [0.25, 0.3) is 0 Å². The van der Waals surface area contributed by atoms with Crippen molar-refractivity contribution in [3.05, 3.63) is 65.7 Å². The standard InChI is InChI=1S/C18H24N2O/c1-20(14-16-10-6-7-11-18(16)21-2)13-12-17(19)15-8-4-3-5-9-15/h3-11,17H,12-14,19H2,1-2H3. The lowest BCUT2D eigenvalue weighted by atomic mass is 10.0. The SMILES string of the molecule is COc1ccccc1CN(C)CCC(N)c1ccccc1. The first-order chi connectivity index (χ1) is 10.2. The molecule has 0 bridgehead atoms. The molecule has 112 valence electrons. The molecule has 0 fully saturated rings. The molecule has 0 spiro atoms. The van der Waals surface area contributed by atoms with Crippen molar-refractivity contribution in [2.45, 2.75) is 19.0 Å². The zero-order valence-electron chi connectivity index (χ0n) is 12.8. The number of hydrogen-bond donors (Lipinski definition) is 1. The van der Waals surface area contributed by atoms with E-state index in [9.17, 15) is 0 Å². The predicted octanol–water partition coefficient (Wildman–Crippen LogP) is 3.22. The summed E-state index contributed by atoms with van der Waals surface area (Å²) in [6.07, 6.45) is 0.940. The van der Waals surface area contributed by atoms with Gasteiger partial charge < -0.3 is 15.4 Å². The van der Waals surface area contributed by atoms with Crippen LogP contribution in [0.3, 0.4) is 0 Å². The van der Waals surface area contributed by atoms with Crippen molar-refractivity contribution in [2.75, 3.05) is 20.7 Å². The van der Waals surface area contributed by atoms with Crippen molar-refractivity contribution in [3.8, 4) is 5.75 Å². The van der Waals surface area contributed by atoms with Gasteiger partial charge in [0.2, 0.25) is 0 Å². The molecule has 2 N–H and O–H groups in total. The van der Waals surface area contributed by atoms with E-state index in [0.717, 1.165) is 25.3 Å². The number of hydrogen-bond acceptors (Lipinski definition) is 3. The third kappa shape index (κ3) is 4.59. The van der Waals surface area contributed by atoms with Crippen molar-refractivity contribution >= 4 is 0 Å². The van der Waals surface area contributed by atoms with E-state index in [1.54, 1.807) is 7.11 Å². The van der Waals surface area contributed by atoms with E-state index in [2.05, 4.69) is 30.1 Å². The Morgan fingerprint density at radius 1 is 1.05 bits per heavy atom. The maximum Gasteiger partial charge on any atom is 0.123 e. The van der Waals surface area contributed by atoms with E-state index in [4.69, 9.17) is 10.5 Å². The summed E-state index contributed by atoms with van der Waals surface area (Å²) >= 11 is 0. The third-order valence-corrected chi connectivity index (χ3v) is 3.68. The van der Waals surface area contributed by atoms with Gasteiger partial charge in [0.25, 0.3) is 0 Å². The largest absolute Gasteiger partial charge is 0.496 e. The van der Waals surface area contributed by atoms with Crippen LogP contribution in [0.1, 0.15) is 23.6 Å². The van der Waals surface area contributed by atoms with Gasteiger partial charge in [-0.15, -0.1) is 0 Å². The summed E-state index contributed by atoms with van der Waals surface area (Å²) < 4.78 is 5.39. The summed E-state index contributed by atoms with van der Waals surface area (Å²) in [6, 6.07) is 18.5. The monoisotopic (exact) mass is 284 g/mol. The number of ether oxygens (including phenoxy) is 1. The van der Waals surface area contributed by atoms with Gasteiger partial charge in [-0.25, -0.2) is 0 Å². The maximum atomic E-state index is 6.24. The second-order valence-corrected chi connectivity index (χ2v) is 5.36. The van der Waals surface area contributed by atoms with Crippen molar-refractivity contribution in [3.63, 3.8) is 0 Å². The molecule has 2 aromatic carbocycles. The van der Waals surface area contributed by atoms with Gasteiger partial charge in [-0.3, -0.25) is 0 Å². The van der Waals surface area contributed by atoms with Gasteiger partial charge in [-0.1, -0.05) is 48.5 Å². The lowest BCUT2D eigenvalue weighted by Gasteiger charge is -2.20. The summed E-state index contributed by atoms with van der Waals surface area (Å²) in [7, 11) is 3.83. The molecule has 0 heterocycles. The van der Waals surface area contributed by atoms with Crippen LogP contribution in [-0.2, 0) is 6.54 Å². The highest BCUT2D eigenvalue weighted by molar-refractivity contribution is 5.33. The third-order valence-electron chi connectivity index (χ3n) is 3.68. The van der Waals surface area contributed by atoms with Crippen LogP contribution >= 0.6 is 0 Å². The normalized spacial score (nSPS) is 12.4. The lowest BCUT2D eigenvalue weighted by molar-refractivity contribution is 0.304. The Bertz CT molecular complexity index is 542. The highest BCUT2D eigenvalue weighted by Crippen LogP contribution is 2.19. The van der Waals surface area contributed by atoms with Gasteiger partial charge >= 0.3 is 0 Å². The smallest absolute Gasteiger partial charge is 0.123 e. The number of para-hydroxylation sites is 1. The number of methoxy groups -OCH3 is 1. The van der Waals surface area contributed by atoms with Gasteiger partial charge in [0.05, 0.1) is 7.11 Å². The zero-order chi connectivity index (χ0) is 15.1. The van der Waals surface area contributed by atoms with Gasteiger partial charge in [-0.2, -0.15) is 0 Å². The van der Waals surface area contributed by atoms with E-state index in [1.165, 1.54) is 11.1 Å². The molecule has 3 nitrogen and oxygen atoms in total. The Morgan fingerprint density at radius 2 is 1.71 bits per heavy atom. The van der Waals surface area contributed by atoms with E-state index in [0.29, 0.717) is 0 Å². The minimum absolute atomic E-state index is 0.0892. The van der Waals surface area contributed by atoms with E-state index in [1.807, 2.05) is 36.4 Å². The molecule has 21 heavy (non-hydrogen) atoms. The predicted molar refractivity (Wildman–Crippen MR) is 87.3 cm³/mol. The second-order valence-electron chi connectivity index (χ2n) is 5.36. The average molecular weight is 284 g/mol. The molecule has 0 saturated heterocycles. The first-order valence-electron chi connectivity index (χ1n) is 7.31.